The molecular formula is C22H18BrN3O2S. The average Bonchev–Trinajstić information content (AvgIpc) is 2.68. The largest absolute Gasteiger partial charge is 0.332 e. The molecule has 5 nitrogen and oxygen atoms in total. The summed E-state index contributed by atoms with van der Waals surface area (Å²) in [5, 5.41) is 8.63. The molecule has 0 heterocycles. The maximum Gasteiger partial charge on any atom is 0.257 e. The monoisotopic (exact) mass is 467 g/mol. The Balaban J connectivity index is 1.57. The molecule has 0 aromatic heterocycles. The zero-order chi connectivity index (χ0) is 20.6. The van der Waals surface area contributed by atoms with Crippen LogP contribution in [0, 0.1) is 0 Å². The fourth-order valence-electron chi connectivity index (χ4n) is 2.63. The van der Waals surface area contributed by atoms with Crippen LogP contribution in [0.25, 0.3) is 0 Å². The molecule has 0 aliphatic carbocycles. The Kier molecular flexibility index (Phi) is 7.10. The highest BCUT2D eigenvalue weighted by Crippen LogP contribution is 2.16. The third-order valence-corrected chi connectivity index (χ3v) is 4.62. The number of benzene rings is 3. The molecule has 0 bridgehead atoms. The van der Waals surface area contributed by atoms with Gasteiger partial charge in [-0.25, -0.2) is 0 Å². The first-order chi connectivity index (χ1) is 14.0. The second kappa shape index (κ2) is 9.95. The van der Waals surface area contributed by atoms with Gasteiger partial charge in [-0.15, -0.1) is 0 Å². The van der Waals surface area contributed by atoms with E-state index in [0.29, 0.717) is 23.4 Å². The predicted octanol–water partition coefficient (Wildman–Crippen LogP) is 4.76. The fraction of sp³-hybridized carbons (Fsp3) is 0.0455. The number of halogens is 1. The lowest BCUT2D eigenvalue weighted by Crippen LogP contribution is -2.34. The summed E-state index contributed by atoms with van der Waals surface area (Å²) in [6, 6.07) is 23.7. The standard InChI is InChI=1S/C22H18BrN3O2S/c23-17-9-4-8-16(13-17)21(28)26-22(29)25-19-11-5-10-18(14-19)24-20(27)12-15-6-2-1-3-7-15/h1-11,13-14H,12H2,(H,24,27)(H2,25,26,28,29). The first-order valence-electron chi connectivity index (χ1n) is 8.81. The Morgan fingerprint density at radius 3 is 2.24 bits per heavy atom. The van der Waals surface area contributed by atoms with E-state index >= 15 is 0 Å². The summed E-state index contributed by atoms with van der Waals surface area (Å²) < 4.78 is 0.808. The van der Waals surface area contributed by atoms with Gasteiger partial charge in [-0.1, -0.05) is 58.4 Å². The highest BCUT2D eigenvalue weighted by molar-refractivity contribution is 9.10. The molecule has 29 heavy (non-hydrogen) atoms. The summed E-state index contributed by atoms with van der Waals surface area (Å²) in [6.07, 6.45) is 0.291. The van der Waals surface area contributed by atoms with E-state index in [2.05, 4.69) is 31.9 Å². The van der Waals surface area contributed by atoms with Crippen molar-refractivity contribution in [2.45, 2.75) is 6.42 Å². The lowest BCUT2D eigenvalue weighted by Gasteiger charge is -2.11. The zero-order valence-corrected chi connectivity index (χ0v) is 17.7. The van der Waals surface area contributed by atoms with Crippen LogP contribution in [0.4, 0.5) is 11.4 Å². The smallest absolute Gasteiger partial charge is 0.257 e. The molecule has 2 amide bonds. The fourth-order valence-corrected chi connectivity index (χ4v) is 3.24. The van der Waals surface area contributed by atoms with Gasteiger partial charge in [0.1, 0.15) is 0 Å². The van der Waals surface area contributed by atoms with E-state index in [-0.39, 0.29) is 16.9 Å². The van der Waals surface area contributed by atoms with Gasteiger partial charge in [-0.3, -0.25) is 14.9 Å². The topological polar surface area (TPSA) is 70.2 Å². The first kappa shape index (κ1) is 20.7. The van der Waals surface area contributed by atoms with Crippen molar-refractivity contribution in [1.82, 2.24) is 5.32 Å². The molecule has 0 atom stereocenters. The predicted molar refractivity (Wildman–Crippen MR) is 123 cm³/mol. The van der Waals surface area contributed by atoms with E-state index in [0.717, 1.165) is 10.0 Å². The summed E-state index contributed by atoms with van der Waals surface area (Å²) in [7, 11) is 0. The number of carbonyl (C=O) groups excluding carboxylic acids is 2. The number of hydrogen-bond donors (Lipinski definition) is 3. The Labute approximate surface area is 182 Å². The van der Waals surface area contributed by atoms with Crippen molar-refractivity contribution >= 4 is 56.4 Å². The van der Waals surface area contributed by atoms with Gasteiger partial charge in [-0.2, -0.15) is 0 Å². The third-order valence-electron chi connectivity index (χ3n) is 3.93. The van der Waals surface area contributed by atoms with Gasteiger partial charge < -0.3 is 10.6 Å². The lowest BCUT2D eigenvalue weighted by molar-refractivity contribution is -0.115. The van der Waals surface area contributed by atoms with Gasteiger partial charge in [0, 0.05) is 21.4 Å². The van der Waals surface area contributed by atoms with Crippen molar-refractivity contribution in [2.75, 3.05) is 10.6 Å². The maximum atomic E-state index is 12.3. The molecule has 0 radical (unpaired) electrons. The van der Waals surface area contributed by atoms with Crippen molar-refractivity contribution in [3.05, 3.63) is 94.5 Å². The number of carbonyl (C=O) groups is 2. The number of nitrogens with one attached hydrogen (secondary N) is 3. The van der Waals surface area contributed by atoms with Crippen LogP contribution in [0.2, 0.25) is 0 Å². The minimum absolute atomic E-state index is 0.112. The summed E-state index contributed by atoms with van der Waals surface area (Å²) in [5.41, 5.74) is 2.72. The van der Waals surface area contributed by atoms with Crippen LogP contribution in [0.3, 0.4) is 0 Å². The Morgan fingerprint density at radius 2 is 1.52 bits per heavy atom. The summed E-state index contributed by atoms with van der Waals surface area (Å²) in [5.74, 6) is -0.421. The molecule has 0 unspecified atom stereocenters. The van der Waals surface area contributed by atoms with Gasteiger partial charge in [-0.05, 0) is 54.2 Å². The van der Waals surface area contributed by atoms with Crippen molar-refractivity contribution in [3.63, 3.8) is 0 Å². The van der Waals surface area contributed by atoms with E-state index in [1.165, 1.54) is 0 Å². The zero-order valence-electron chi connectivity index (χ0n) is 15.3. The summed E-state index contributed by atoms with van der Waals surface area (Å²) >= 11 is 8.56. The molecule has 0 spiro atoms. The van der Waals surface area contributed by atoms with Gasteiger partial charge in [0.2, 0.25) is 5.91 Å². The van der Waals surface area contributed by atoms with Gasteiger partial charge in [0.15, 0.2) is 5.11 Å². The molecule has 0 aliphatic rings. The van der Waals surface area contributed by atoms with Crippen LogP contribution in [-0.2, 0) is 11.2 Å². The van der Waals surface area contributed by atoms with Crippen molar-refractivity contribution < 1.29 is 9.59 Å². The Morgan fingerprint density at radius 1 is 0.828 bits per heavy atom. The normalized spacial score (nSPS) is 10.1. The third kappa shape index (κ3) is 6.51. The number of hydrogen-bond acceptors (Lipinski definition) is 3. The second-order valence-corrected chi connectivity index (χ2v) is 7.53. The van der Waals surface area contributed by atoms with Crippen LogP contribution in [0.15, 0.2) is 83.3 Å². The molecule has 146 valence electrons. The van der Waals surface area contributed by atoms with Crippen LogP contribution < -0.4 is 16.0 Å². The molecule has 0 aliphatic heterocycles. The van der Waals surface area contributed by atoms with Crippen LogP contribution in [-0.4, -0.2) is 16.9 Å². The van der Waals surface area contributed by atoms with Crippen LogP contribution in [0.5, 0.6) is 0 Å². The van der Waals surface area contributed by atoms with E-state index in [1.54, 1.807) is 42.5 Å². The molecule has 3 aromatic carbocycles. The van der Waals surface area contributed by atoms with Crippen molar-refractivity contribution in [1.29, 1.82) is 0 Å². The minimum atomic E-state index is -0.309. The van der Waals surface area contributed by atoms with Crippen LogP contribution in [0.1, 0.15) is 15.9 Å². The number of rotatable bonds is 5. The molecule has 3 rings (SSSR count). The highest BCUT2D eigenvalue weighted by atomic mass is 79.9. The van der Waals surface area contributed by atoms with E-state index in [4.69, 9.17) is 12.2 Å². The molecule has 0 fully saturated rings. The Bertz CT molecular complexity index is 1040. The van der Waals surface area contributed by atoms with Gasteiger partial charge in [0.25, 0.3) is 5.91 Å². The van der Waals surface area contributed by atoms with Crippen LogP contribution >= 0.6 is 28.1 Å². The minimum Gasteiger partial charge on any atom is -0.332 e. The number of thiocarbonyl (C=S) groups is 1. The lowest BCUT2D eigenvalue weighted by atomic mass is 10.1. The molecular weight excluding hydrogens is 450 g/mol. The van der Waals surface area contributed by atoms with Gasteiger partial charge in [0.05, 0.1) is 6.42 Å². The van der Waals surface area contributed by atoms with E-state index in [1.807, 2.05) is 36.4 Å². The Hall–Kier alpha value is -3.03. The van der Waals surface area contributed by atoms with Crippen molar-refractivity contribution in [3.8, 4) is 0 Å². The SMILES string of the molecule is O=C(Cc1ccccc1)Nc1cccc(NC(=S)NC(=O)c2cccc(Br)c2)c1. The summed E-state index contributed by atoms with van der Waals surface area (Å²) in [4.78, 5) is 24.5. The highest BCUT2D eigenvalue weighted by Gasteiger charge is 2.09. The maximum absolute atomic E-state index is 12.3. The van der Waals surface area contributed by atoms with E-state index < -0.39 is 0 Å². The summed E-state index contributed by atoms with van der Waals surface area (Å²) in [6.45, 7) is 0. The molecule has 7 heteroatoms. The average molecular weight is 468 g/mol. The van der Waals surface area contributed by atoms with Gasteiger partial charge >= 0.3 is 0 Å². The van der Waals surface area contributed by atoms with Crippen molar-refractivity contribution in [2.24, 2.45) is 0 Å². The first-order valence-corrected chi connectivity index (χ1v) is 10.0. The quantitative estimate of drug-likeness (QED) is 0.473. The second-order valence-electron chi connectivity index (χ2n) is 6.21. The molecule has 3 N–H and O–H groups in total. The number of amides is 2. The number of anilines is 2. The van der Waals surface area contributed by atoms with E-state index in [9.17, 15) is 9.59 Å². The molecule has 0 saturated carbocycles. The molecule has 3 aromatic rings. The molecule has 0 saturated heterocycles.